The van der Waals surface area contributed by atoms with Crippen LogP contribution in [0.25, 0.3) is 0 Å². The number of nitrogens with zero attached hydrogens (tertiary/aromatic N) is 2. The van der Waals surface area contributed by atoms with Gasteiger partial charge >= 0.3 is 6.18 Å². The van der Waals surface area contributed by atoms with Gasteiger partial charge in [-0.25, -0.2) is 4.99 Å². The van der Waals surface area contributed by atoms with E-state index in [2.05, 4.69) is 15.6 Å². The summed E-state index contributed by atoms with van der Waals surface area (Å²) in [4.78, 5) is 5.94. The molecule has 1 aromatic rings. The maximum atomic E-state index is 12.6. The SMILES string of the molecule is CCNC(=NCc1cc(Cl)c(OCC)c(OC)c1)NC1CCN(CC(F)(F)F)C1. The molecule has 2 rings (SSSR count). The highest BCUT2D eigenvalue weighted by Crippen LogP contribution is 2.36. The van der Waals surface area contributed by atoms with Crippen molar-refractivity contribution in [2.75, 3.05) is 39.9 Å². The Morgan fingerprint density at radius 1 is 1.34 bits per heavy atom. The molecule has 1 aromatic carbocycles. The number of likely N-dealkylation sites (tertiary alicyclic amines) is 1. The lowest BCUT2D eigenvalue weighted by Gasteiger charge is -2.20. The van der Waals surface area contributed by atoms with Gasteiger partial charge in [0.25, 0.3) is 0 Å². The minimum absolute atomic E-state index is 0.0893. The van der Waals surface area contributed by atoms with Gasteiger partial charge in [0.2, 0.25) is 0 Å². The molecule has 0 aromatic heterocycles. The number of hydrogen-bond acceptors (Lipinski definition) is 4. The fraction of sp³-hybridized carbons (Fsp3) is 0.632. The van der Waals surface area contributed by atoms with Crippen LogP contribution in [-0.4, -0.2) is 63.0 Å². The van der Waals surface area contributed by atoms with Gasteiger partial charge in [-0.1, -0.05) is 11.6 Å². The summed E-state index contributed by atoms with van der Waals surface area (Å²) in [5, 5.41) is 6.78. The van der Waals surface area contributed by atoms with E-state index >= 15 is 0 Å². The Kier molecular flexibility index (Phi) is 8.70. The monoisotopic (exact) mass is 436 g/mol. The summed E-state index contributed by atoms with van der Waals surface area (Å²) in [5.41, 5.74) is 0.831. The van der Waals surface area contributed by atoms with Crippen molar-refractivity contribution in [2.24, 2.45) is 4.99 Å². The molecule has 10 heteroatoms. The average Bonchev–Trinajstić information content (AvgIpc) is 3.06. The first-order valence-electron chi connectivity index (χ1n) is 9.58. The van der Waals surface area contributed by atoms with Gasteiger partial charge in [0.15, 0.2) is 17.5 Å². The Bertz CT molecular complexity index is 701. The van der Waals surface area contributed by atoms with E-state index in [1.54, 1.807) is 13.2 Å². The summed E-state index contributed by atoms with van der Waals surface area (Å²) < 4.78 is 48.6. The maximum Gasteiger partial charge on any atom is 0.401 e. The third-order valence-electron chi connectivity index (χ3n) is 4.36. The number of nitrogens with one attached hydrogen (secondary N) is 2. The molecule has 0 spiro atoms. The van der Waals surface area contributed by atoms with Gasteiger partial charge in [0, 0.05) is 25.7 Å². The van der Waals surface area contributed by atoms with Crippen LogP contribution < -0.4 is 20.1 Å². The van der Waals surface area contributed by atoms with Gasteiger partial charge in [-0.05, 0) is 38.0 Å². The third kappa shape index (κ3) is 7.47. The predicted molar refractivity (Wildman–Crippen MR) is 108 cm³/mol. The van der Waals surface area contributed by atoms with Crippen LogP contribution in [0.15, 0.2) is 17.1 Å². The molecule has 1 heterocycles. The topological polar surface area (TPSA) is 58.1 Å². The molecule has 0 aliphatic carbocycles. The molecule has 2 N–H and O–H groups in total. The molecule has 29 heavy (non-hydrogen) atoms. The molecule has 1 atom stereocenters. The van der Waals surface area contributed by atoms with E-state index < -0.39 is 12.7 Å². The maximum absolute atomic E-state index is 12.6. The smallest absolute Gasteiger partial charge is 0.401 e. The van der Waals surface area contributed by atoms with E-state index in [-0.39, 0.29) is 6.04 Å². The number of aliphatic imine (C=N–C) groups is 1. The Labute approximate surface area is 174 Å². The fourth-order valence-corrected chi connectivity index (χ4v) is 3.47. The van der Waals surface area contributed by atoms with E-state index in [0.717, 1.165) is 5.56 Å². The quantitative estimate of drug-likeness (QED) is 0.483. The molecule has 1 unspecified atom stereocenters. The van der Waals surface area contributed by atoms with Crippen molar-refractivity contribution in [1.82, 2.24) is 15.5 Å². The van der Waals surface area contributed by atoms with E-state index in [4.69, 9.17) is 21.1 Å². The van der Waals surface area contributed by atoms with Crippen LogP contribution >= 0.6 is 11.6 Å². The summed E-state index contributed by atoms with van der Waals surface area (Å²) in [6.07, 6.45) is -3.55. The Hall–Kier alpha value is -1.87. The molecule has 0 bridgehead atoms. The largest absolute Gasteiger partial charge is 0.493 e. The minimum Gasteiger partial charge on any atom is -0.493 e. The van der Waals surface area contributed by atoms with Crippen molar-refractivity contribution in [3.63, 3.8) is 0 Å². The van der Waals surface area contributed by atoms with Gasteiger partial charge in [0.1, 0.15) is 0 Å². The number of rotatable bonds is 8. The summed E-state index contributed by atoms with van der Waals surface area (Å²) >= 11 is 6.29. The zero-order valence-corrected chi connectivity index (χ0v) is 17.7. The van der Waals surface area contributed by atoms with Crippen LogP contribution in [0.1, 0.15) is 25.8 Å². The molecule has 6 nitrogen and oxygen atoms in total. The first-order valence-corrected chi connectivity index (χ1v) is 9.96. The van der Waals surface area contributed by atoms with E-state index in [9.17, 15) is 13.2 Å². The van der Waals surface area contributed by atoms with Crippen LogP contribution in [0.2, 0.25) is 5.02 Å². The van der Waals surface area contributed by atoms with Crippen molar-refractivity contribution in [2.45, 2.75) is 39.0 Å². The van der Waals surface area contributed by atoms with Crippen molar-refractivity contribution >= 4 is 17.6 Å². The number of ether oxygens (including phenoxy) is 2. The zero-order valence-electron chi connectivity index (χ0n) is 16.9. The number of methoxy groups -OCH3 is 1. The molecule has 0 radical (unpaired) electrons. The van der Waals surface area contributed by atoms with Crippen molar-refractivity contribution < 1.29 is 22.6 Å². The summed E-state index contributed by atoms with van der Waals surface area (Å²) in [7, 11) is 1.54. The third-order valence-corrected chi connectivity index (χ3v) is 4.64. The van der Waals surface area contributed by atoms with Crippen LogP contribution in [0.4, 0.5) is 13.2 Å². The van der Waals surface area contributed by atoms with Crippen molar-refractivity contribution in [3.05, 3.63) is 22.7 Å². The van der Waals surface area contributed by atoms with Crippen molar-refractivity contribution in [1.29, 1.82) is 0 Å². The first-order chi connectivity index (χ1) is 13.8. The van der Waals surface area contributed by atoms with Gasteiger partial charge in [-0.15, -0.1) is 0 Å². The molecule has 1 fully saturated rings. The average molecular weight is 437 g/mol. The van der Waals surface area contributed by atoms with Crippen LogP contribution in [0.5, 0.6) is 11.5 Å². The lowest BCUT2D eigenvalue weighted by Crippen LogP contribution is -2.45. The van der Waals surface area contributed by atoms with E-state index in [1.807, 2.05) is 19.9 Å². The van der Waals surface area contributed by atoms with Gasteiger partial charge in [0.05, 0.1) is 31.8 Å². The number of benzene rings is 1. The second-order valence-corrected chi connectivity index (χ2v) is 7.12. The van der Waals surface area contributed by atoms with Gasteiger partial charge < -0.3 is 20.1 Å². The number of hydrogen-bond donors (Lipinski definition) is 2. The highest BCUT2D eigenvalue weighted by Gasteiger charge is 2.34. The highest BCUT2D eigenvalue weighted by molar-refractivity contribution is 6.32. The number of alkyl halides is 3. The predicted octanol–water partition coefficient (Wildman–Crippen LogP) is 3.44. The molecule has 0 saturated carbocycles. The summed E-state index contributed by atoms with van der Waals surface area (Å²) in [5.74, 6) is 1.57. The van der Waals surface area contributed by atoms with Crippen LogP contribution in [0.3, 0.4) is 0 Å². The van der Waals surface area contributed by atoms with Crippen molar-refractivity contribution in [3.8, 4) is 11.5 Å². The highest BCUT2D eigenvalue weighted by atomic mass is 35.5. The Balaban J connectivity index is 2.03. The standard InChI is InChI=1S/C19H28ClF3N4O2/c1-4-24-18(26-14-6-7-27(11-14)12-19(21,22)23)25-10-13-8-15(20)17(29-5-2)16(9-13)28-3/h8-9,14H,4-7,10-12H2,1-3H3,(H2,24,25,26). The molecular formula is C19H28ClF3N4O2. The molecule has 1 saturated heterocycles. The number of guanidine groups is 1. The second kappa shape index (κ2) is 10.8. The first kappa shape index (κ1) is 23.4. The Morgan fingerprint density at radius 3 is 2.72 bits per heavy atom. The molecular weight excluding hydrogens is 409 g/mol. The van der Waals surface area contributed by atoms with Gasteiger partial charge in [-0.3, -0.25) is 4.90 Å². The molecule has 0 amide bonds. The van der Waals surface area contributed by atoms with Gasteiger partial charge in [-0.2, -0.15) is 13.2 Å². The molecule has 1 aliphatic rings. The summed E-state index contributed by atoms with van der Waals surface area (Å²) in [6.45, 7) is 5.07. The normalized spacial score (nSPS) is 18.0. The Morgan fingerprint density at radius 2 is 2.10 bits per heavy atom. The molecule has 1 aliphatic heterocycles. The lowest BCUT2D eigenvalue weighted by molar-refractivity contribution is -0.143. The zero-order chi connectivity index (χ0) is 21.4. The van der Waals surface area contributed by atoms with Crippen LogP contribution in [-0.2, 0) is 6.54 Å². The second-order valence-electron chi connectivity index (χ2n) is 6.72. The fourth-order valence-electron chi connectivity index (χ4n) is 3.18. The lowest BCUT2D eigenvalue weighted by atomic mass is 10.2. The summed E-state index contributed by atoms with van der Waals surface area (Å²) in [6, 6.07) is 3.49. The van der Waals surface area contributed by atoms with E-state index in [0.29, 0.717) is 61.7 Å². The van der Waals surface area contributed by atoms with E-state index in [1.165, 1.54) is 4.90 Å². The molecule has 164 valence electrons. The minimum atomic E-state index is -4.18. The van der Waals surface area contributed by atoms with Crippen LogP contribution in [0, 0.1) is 0 Å². The number of halogens is 4.